The van der Waals surface area contributed by atoms with Crippen molar-refractivity contribution < 1.29 is 13.9 Å². The standard InChI is InChI=1S/C19H24FN3O2S/c20-15-9-13(21-12-3-1-2-4-12)10-16-18(15)19(24)23-17(22-16)11-26-14-5-7-25-8-6-14/h9-10,12,14,18H,1-8,11H2,(H,22,23,24). The second kappa shape index (κ2) is 8.05. The highest BCUT2D eigenvalue weighted by molar-refractivity contribution is 8.00. The minimum atomic E-state index is -0.922. The molecular formula is C19H24FN3O2S. The van der Waals surface area contributed by atoms with Crippen molar-refractivity contribution in [1.29, 1.82) is 0 Å². The Morgan fingerprint density at radius 1 is 1.23 bits per heavy atom. The Kier molecular flexibility index (Phi) is 5.55. The van der Waals surface area contributed by atoms with E-state index >= 15 is 0 Å². The summed E-state index contributed by atoms with van der Waals surface area (Å²) in [4.78, 5) is 21.6. The van der Waals surface area contributed by atoms with E-state index in [9.17, 15) is 9.18 Å². The zero-order valence-electron chi connectivity index (χ0n) is 14.7. The van der Waals surface area contributed by atoms with E-state index in [0.29, 0.717) is 28.2 Å². The van der Waals surface area contributed by atoms with Crippen molar-refractivity contribution in [2.75, 3.05) is 19.0 Å². The Labute approximate surface area is 157 Å². The average Bonchev–Trinajstić information content (AvgIpc) is 3.13. The van der Waals surface area contributed by atoms with Gasteiger partial charge < -0.3 is 10.1 Å². The second-order valence-corrected chi connectivity index (χ2v) is 8.48. The number of rotatable bonds is 4. The molecule has 0 radical (unpaired) electrons. The highest BCUT2D eigenvalue weighted by Crippen LogP contribution is 2.31. The molecule has 4 aliphatic rings. The van der Waals surface area contributed by atoms with Gasteiger partial charge in [-0.25, -0.2) is 9.38 Å². The molecule has 0 spiro atoms. The van der Waals surface area contributed by atoms with Crippen molar-refractivity contribution >= 4 is 29.2 Å². The minimum Gasteiger partial charge on any atom is -0.381 e. The van der Waals surface area contributed by atoms with E-state index in [1.54, 1.807) is 17.8 Å². The summed E-state index contributed by atoms with van der Waals surface area (Å²) in [5.74, 6) is -0.474. The molecule has 0 bridgehead atoms. The summed E-state index contributed by atoms with van der Waals surface area (Å²) >= 11 is 1.78. The fraction of sp³-hybridized carbons (Fsp3) is 0.632. The van der Waals surface area contributed by atoms with Gasteiger partial charge in [0.25, 0.3) is 0 Å². The Bertz CT molecular complexity index is 689. The molecule has 1 amide bonds. The van der Waals surface area contributed by atoms with Crippen LogP contribution in [0.25, 0.3) is 0 Å². The van der Waals surface area contributed by atoms with Crippen LogP contribution in [0.5, 0.6) is 0 Å². The van der Waals surface area contributed by atoms with Crippen LogP contribution in [-0.4, -0.2) is 47.7 Å². The third-order valence-corrected chi connectivity index (χ3v) is 6.61. The number of halogens is 1. The number of carbonyl (C=O) groups excluding carboxylic acids is 1. The molecule has 1 saturated carbocycles. The fourth-order valence-corrected chi connectivity index (χ4v) is 4.88. The van der Waals surface area contributed by atoms with E-state index in [1.165, 1.54) is 18.9 Å². The Morgan fingerprint density at radius 2 is 2.00 bits per heavy atom. The van der Waals surface area contributed by atoms with Gasteiger partial charge in [0, 0.05) is 18.5 Å². The number of fused-ring (bicyclic) bond motifs is 1. The number of hydrogen-bond acceptors (Lipinski definition) is 5. The molecule has 5 nitrogen and oxygen atoms in total. The number of amidine groups is 1. The first-order valence-corrected chi connectivity index (χ1v) is 10.5. The SMILES string of the molecule is O=C1NC(CSC2CCOCC2)=NC2=CC(=NC3CCCC3)C=C(F)C12. The van der Waals surface area contributed by atoms with Crippen LogP contribution in [0, 0.1) is 5.92 Å². The van der Waals surface area contributed by atoms with E-state index in [1.807, 2.05) is 0 Å². The number of carbonyl (C=O) groups is 1. The second-order valence-electron chi connectivity index (χ2n) is 7.19. The number of thioether (sulfide) groups is 1. The zero-order chi connectivity index (χ0) is 17.9. The van der Waals surface area contributed by atoms with E-state index in [0.717, 1.165) is 38.9 Å². The molecule has 1 saturated heterocycles. The molecule has 1 unspecified atom stereocenters. The number of aliphatic imine (C=N–C) groups is 2. The third-order valence-electron chi connectivity index (χ3n) is 5.23. The molecule has 0 aromatic heterocycles. The van der Waals surface area contributed by atoms with Crippen LogP contribution in [0.2, 0.25) is 0 Å². The van der Waals surface area contributed by atoms with Gasteiger partial charge in [0.1, 0.15) is 17.6 Å². The summed E-state index contributed by atoms with van der Waals surface area (Å²) in [5.41, 5.74) is 1.09. The van der Waals surface area contributed by atoms with E-state index < -0.39 is 11.7 Å². The van der Waals surface area contributed by atoms with Crippen molar-refractivity contribution in [3.05, 3.63) is 23.7 Å². The molecule has 2 aliphatic carbocycles. The summed E-state index contributed by atoms with van der Waals surface area (Å²) in [6.07, 6.45) is 9.69. The topological polar surface area (TPSA) is 63.0 Å². The van der Waals surface area contributed by atoms with Gasteiger partial charge in [-0.1, -0.05) is 12.8 Å². The highest BCUT2D eigenvalue weighted by Gasteiger charge is 2.35. The summed E-state index contributed by atoms with van der Waals surface area (Å²) < 4.78 is 19.9. The van der Waals surface area contributed by atoms with Crippen LogP contribution in [-0.2, 0) is 9.53 Å². The van der Waals surface area contributed by atoms with Crippen molar-refractivity contribution in [3.63, 3.8) is 0 Å². The smallest absolute Gasteiger partial charge is 0.241 e. The van der Waals surface area contributed by atoms with Crippen molar-refractivity contribution in [1.82, 2.24) is 5.32 Å². The van der Waals surface area contributed by atoms with Gasteiger partial charge >= 0.3 is 0 Å². The van der Waals surface area contributed by atoms with E-state index in [4.69, 9.17) is 4.74 Å². The largest absolute Gasteiger partial charge is 0.381 e. The molecule has 2 aliphatic heterocycles. The molecule has 2 fully saturated rings. The quantitative estimate of drug-likeness (QED) is 0.818. The highest BCUT2D eigenvalue weighted by atomic mass is 32.2. The lowest BCUT2D eigenvalue weighted by molar-refractivity contribution is -0.122. The van der Waals surface area contributed by atoms with Crippen molar-refractivity contribution in [3.8, 4) is 0 Å². The number of amides is 1. The molecule has 7 heteroatoms. The number of nitrogens with zero attached hydrogens (tertiary/aromatic N) is 2. The Hall–Kier alpha value is -1.47. The van der Waals surface area contributed by atoms with Gasteiger partial charge in [-0.15, -0.1) is 0 Å². The Morgan fingerprint density at radius 3 is 2.77 bits per heavy atom. The first kappa shape index (κ1) is 17.9. The molecule has 26 heavy (non-hydrogen) atoms. The number of hydrogen-bond donors (Lipinski definition) is 1. The predicted octanol–water partition coefficient (Wildman–Crippen LogP) is 3.18. The molecule has 4 rings (SSSR count). The van der Waals surface area contributed by atoms with E-state index in [2.05, 4.69) is 15.3 Å². The number of nitrogens with one attached hydrogen (secondary N) is 1. The molecule has 1 N–H and O–H groups in total. The minimum absolute atomic E-state index is 0.271. The summed E-state index contributed by atoms with van der Waals surface area (Å²) in [6.45, 7) is 1.58. The zero-order valence-corrected chi connectivity index (χ0v) is 15.6. The molecule has 0 aromatic rings. The summed E-state index contributed by atoms with van der Waals surface area (Å²) in [7, 11) is 0. The van der Waals surface area contributed by atoms with Crippen molar-refractivity contribution in [2.45, 2.75) is 49.8 Å². The summed E-state index contributed by atoms with van der Waals surface area (Å²) in [6, 6.07) is 0.271. The molecule has 2 heterocycles. The average molecular weight is 377 g/mol. The molecule has 1 atom stereocenters. The van der Waals surface area contributed by atoms with Crippen LogP contribution in [0.4, 0.5) is 4.39 Å². The fourth-order valence-electron chi connectivity index (χ4n) is 3.82. The maximum absolute atomic E-state index is 14.5. The van der Waals surface area contributed by atoms with Gasteiger partial charge in [-0.3, -0.25) is 9.79 Å². The van der Waals surface area contributed by atoms with Gasteiger partial charge in [0.05, 0.1) is 23.2 Å². The normalized spacial score (nSPS) is 29.1. The molecule has 140 valence electrons. The first-order valence-electron chi connectivity index (χ1n) is 9.43. The summed E-state index contributed by atoms with van der Waals surface area (Å²) in [5, 5.41) is 3.30. The van der Waals surface area contributed by atoms with Gasteiger partial charge in [0.2, 0.25) is 5.91 Å². The van der Waals surface area contributed by atoms with E-state index in [-0.39, 0.29) is 11.9 Å². The van der Waals surface area contributed by atoms with Crippen LogP contribution in [0.3, 0.4) is 0 Å². The molecular weight excluding hydrogens is 353 g/mol. The maximum atomic E-state index is 14.5. The number of allylic oxidation sites excluding steroid dienone is 2. The van der Waals surface area contributed by atoms with Crippen molar-refractivity contribution in [2.24, 2.45) is 15.9 Å². The third kappa shape index (κ3) is 4.09. The predicted molar refractivity (Wildman–Crippen MR) is 102 cm³/mol. The lowest BCUT2D eigenvalue weighted by Gasteiger charge is -2.27. The lowest BCUT2D eigenvalue weighted by atomic mass is 9.94. The maximum Gasteiger partial charge on any atom is 0.241 e. The van der Waals surface area contributed by atoms with Crippen LogP contribution in [0.15, 0.2) is 33.7 Å². The first-order chi connectivity index (χ1) is 12.7. The Balaban J connectivity index is 1.48. The van der Waals surface area contributed by atoms with Gasteiger partial charge in [-0.2, -0.15) is 11.8 Å². The van der Waals surface area contributed by atoms with Crippen LogP contribution >= 0.6 is 11.8 Å². The van der Waals surface area contributed by atoms with Crippen LogP contribution in [0.1, 0.15) is 38.5 Å². The molecule has 0 aromatic carbocycles. The van der Waals surface area contributed by atoms with Gasteiger partial charge in [0.15, 0.2) is 0 Å². The lowest BCUT2D eigenvalue weighted by Crippen LogP contribution is -2.43. The monoisotopic (exact) mass is 377 g/mol. The number of ether oxygens (including phenoxy) is 1. The van der Waals surface area contributed by atoms with Gasteiger partial charge in [-0.05, 0) is 37.8 Å². The van der Waals surface area contributed by atoms with Crippen LogP contribution < -0.4 is 5.32 Å².